The minimum atomic E-state index is -0.724. The van der Waals surface area contributed by atoms with Gasteiger partial charge in [0.05, 0.1) is 17.3 Å². The second-order valence-electron chi connectivity index (χ2n) is 14.6. The number of benzene rings is 1. The zero-order valence-corrected chi connectivity index (χ0v) is 25.2. The van der Waals surface area contributed by atoms with Gasteiger partial charge in [0.15, 0.2) is 0 Å². The number of para-hydroxylation sites is 1. The highest BCUT2D eigenvalue weighted by Crippen LogP contribution is 2.72. The molecule has 2 saturated heterocycles. The molecular formula is C33H42N2O6. The van der Waals surface area contributed by atoms with Crippen LogP contribution in [0, 0.1) is 28.6 Å². The number of allylic oxidation sites excluding steroid dienone is 1. The number of ether oxygens (including phenoxy) is 3. The summed E-state index contributed by atoms with van der Waals surface area (Å²) in [4.78, 5) is 40.6. The first kappa shape index (κ1) is 27.1. The molecule has 2 aliphatic carbocycles. The maximum Gasteiger partial charge on any atom is 0.330 e. The Morgan fingerprint density at radius 2 is 1.80 bits per heavy atom. The fraction of sp³-hybridized carbons (Fsp3) is 0.667. The van der Waals surface area contributed by atoms with Crippen LogP contribution < -0.4 is 10.2 Å². The van der Waals surface area contributed by atoms with Gasteiger partial charge in [0.1, 0.15) is 23.5 Å². The van der Waals surface area contributed by atoms with E-state index < -0.39 is 22.2 Å². The number of carbonyl (C=O) groups is 3. The smallest absolute Gasteiger partial charge is 0.330 e. The SMILES string of the molecule is CC(=O)OC1CC2C(C)(C)OC(=O)C=CC2(C)C2CCC3(C)OC4(CC3C12C)c1ccccc1N1C(=O)C(C)NC14. The molecule has 220 valence electrons. The number of amides is 1. The Hall–Kier alpha value is -2.71. The van der Waals surface area contributed by atoms with Gasteiger partial charge < -0.3 is 14.2 Å². The van der Waals surface area contributed by atoms with E-state index in [0.717, 1.165) is 24.1 Å². The lowest BCUT2D eigenvalue weighted by molar-refractivity contribution is -0.240. The Morgan fingerprint density at radius 1 is 1.07 bits per heavy atom. The summed E-state index contributed by atoms with van der Waals surface area (Å²) in [6.45, 7) is 14.2. The minimum absolute atomic E-state index is 0.0292. The van der Waals surface area contributed by atoms with Crippen LogP contribution in [0.15, 0.2) is 36.4 Å². The van der Waals surface area contributed by atoms with Gasteiger partial charge in [-0.25, -0.2) is 4.79 Å². The van der Waals surface area contributed by atoms with E-state index in [1.807, 2.05) is 43.9 Å². The molecule has 41 heavy (non-hydrogen) atoms. The average molecular weight is 563 g/mol. The number of hydrogen-bond donors (Lipinski definition) is 1. The second kappa shape index (κ2) is 8.22. The third kappa shape index (κ3) is 3.32. The van der Waals surface area contributed by atoms with Crippen molar-refractivity contribution in [2.45, 2.75) is 109 Å². The molecule has 6 aliphatic rings. The Morgan fingerprint density at radius 3 is 2.54 bits per heavy atom. The lowest BCUT2D eigenvalue weighted by Crippen LogP contribution is -2.66. The molecule has 4 heterocycles. The molecule has 0 aromatic heterocycles. The molecule has 8 nitrogen and oxygen atoms in total. The van der Waals surface area contributed by atoms with E-state index in [1.54, 1.807) is 6.08 Å². The highest BCUT2D eigenvalue weighted by molar-refractivity contribution is 6.02. The summed E-state index contributed by atoms with van der Waals surface area (Å²) in [6.07, 6.45) is 6.00. The summed E-state index contributed by atoms with van der Waals surface area (Å²) < 4.78 is 19.6. The van der Waals surface area contributed by atoms with Gasteiger partial charge in [-0.15, -0.1) is 0 Å². The number of carbonyl (C=O) groups excluding carboxylic acids is 3. The van der Waals surface area contributed by atoms with Crippen LogP contribution >= 0.6 is 0 Å². The van der Waals surface area contributed by atoms with Gasteiger partial charge in [-0.3, -0.25) is 19.8 Å². The normalized spacial score (nSPS) is 47.1. The molecule has 1 aromatic rings. The van der Waals surface area contributed by atoms with Crippen LogP contribution in [0.1, 0.15) is 79.7 Å². The van der Waals surface area contributed by atoms with Gasteiger partial charge >= 0.3 is 11.9 Å². The topological polar surface area (TPSA) is 94.2 Å². The largest absolute Gasteiger partial charge is 0.462 e. The molecule has 0 radical (unpaired) electrons. The molecule has 4 fully saturated rings. The lowest BCUT2D eigenvalue weighted by Gasteiger charge is -2.65. The van der Waals surface area contributed by atoms with E-state index in [9.17, 15) is 14.4 Å². The van der Waals surface area contributed by atoms with Crippen LogP contribution in [0.2, 0.25) is 0 Å². The van der Waals surface area contributed by atoms with Crippen LogP contribution in [0.5, 0.6) is 0 Å². The summed E-state index contributed by atoms with van der Waals surface area (Å²) >= 11 is 0. The Labute approximate surface area is 242 Å². The first-order chi connectivity index (χ1) is 19.2. The lowest BCUT2D eigenvalue weighted by atomic mass is 9.40. The van der Waals surface area contributed by atoms with Crippen LogP contribution in [-0.2, 0) is 34.2 Å². The van der Waals surface area contributed by atoms with Crippen LogP contribution in [-0.4, -0.2) is 47.4 Å². The fourth-order valence-corrected chi connectivity index (χ4v) is 10.6. The Bertz CT molecular complexity index is 1390. The van der Waals surface area contributed by atoms with Gasteiger partial charge in [-0.05, 0) is 70.8 Å². The molecule has 10 unspecified atom stereocenters. The number of cyclic esters (lactones) is 1. The quantitative estimate of drug-likeness (QED) is 0.500. The van der Waals surface area contributed by atoms with Crippen LogP contribution in [0.25, 0.3) is 0 Å². The highest BCUT2D eigenvalue weighted by Gasteiger charge is 2.75. The molecule has 4 aliphatic heterocycles. The van der Waals surface area contributed by atoms with Crippen molar-refractivity contribution >= 4 is 23.5 Å². The van der Waals surface area contributed by atoms with E-state index in [1.165, 1.54) is 6.92 Å². The highest BCUT2D eigenvalue weighted by atomic mass is 16.6. The van der Waals surface area contributed by atoms with Crippen molar-refractivity contribution in [1.82, 2.24) is 5.32 Å². The Kier molecular flexibility index (Phi) is 5.44. The molecule has 0 bridgehead atoms. The maximum absolute atomic E-state index is 13.4. The van der Waals surface area contributed by atoms with E-state index >= 15 is 0 Å². The number of nitrogens with zero attached hydrogens (tertiary/aromatic N) is 1. The molecular weight excluding hydrogens is 520 g/mol. The summed E-state index contributed by atoms with van der Waals surface area (Å²) in [5.41, 5.74) is -0.774. The first-order valence-electron chi connectivity index (χ1n) is 15.2. The standard InChI is InChI=1S/C33H42N2O6/c1-18-27(38)35-21-11-9-8-10-20(21)33(28(35)34-18)17-24-31(6,41-33)15-12-22-30(5)14-13-26(37)40-29(3,4)23(30)16-25(32(22,24)7)39-19(2)36/h8-11,13-14,18,22-25,28,34H,12,15-17H2,1-7H3. The zero-order valence-electron chi connectivity index (χ0n) is 25.2. The fourth-order valence-electron chi connectivity index (χ4n) is 10.6. The van der Waals surface area contributed by atoms with Gasteiger partial charge in [-0.2, -0.15) is 0 Å². The number of hydrogen-bond acceptors (Lipinski definition) is 7. The maximum atomic E-state index is 13.4. The monoisotopic (exact) mass is 562 g/mol. The van der Waals surface area contributed by atoms with Crippen LogP contribution in [0.3, 0.4) is 0 Å². The third-order valence-corrected chi connectivity index (χ3v) is 12.2. The van der Waals surface area contributed by atoms with Crippen molar-refractivity contribution in [2.75, 3.05) is 4.90 Å². The molecule has 1 spiro atoms. The first-order valence-corrected chi connectivity index (χ1v) is 15.2. The summed E-state index contributed by atoms with van der Waals surface area (Å²) in [5, 5.41) is 3.58. The van der Waals surface area contributed by atoms with Crippen molar-refractivity contribution in [1.29, 1.82) is 0 Å². The molecule has 7 rings (SSSR count). The van der Waals surface area contributed by atoms with Crippen molar-refractivity contribution < 1.29 is 28.6 Å². The summed E-state index contributed by atoms with van der Waals surface area (Å²) in [5.74, 6) is -0.439. The number of rotatable bonds is 1. The van der Waals surface area contributed by atoms with E-state index in [0.29, 0.717) is 12.8 Å². The molecule has 8 heteroatoms. The predicted molar refractivity (Wildman–Crippen MR) is 151 cm³/mol. The predicted octanol–water partition coefficient (Wildman–Crippen LogP) is 4.61. The molecule has 1 N–H and O–H groups in total. The molecule has 1 amide bonds. The summed E-state index contributed by atoms with van der Waals surface area (Å²) in [7, 11) is 0. The molecule has 1 aromatic carbocycles. The third-order valence-electron chi connectivity index (χ3n) is 12.2. The van der Waals surface area contributed by atoms with Gasteiger partial charge in [-0.1, -0.05) is 38.1 Å². The van der Waals surface area contributed by atoms with E-state index in [2.05, 4.69) is 38.2 Å². The van der Waals surface area contributed by atoms with E-state index in [4.69, 9.17) is 14.2 Å². The zero-order chi connectivity index (χ0) is 29.3. The van der Waals surface area contributed by atoms with E-state index in [-0.39, 0.29) is 59.3 Å². The van der Waals surface area contributed by atoms with Crippen molar-refractivity contribution in [2.24, 2.45) is 28.6 Å². The van der Waals surface area contributed by atoms with Crippen molar-refractivity contribution in [3.8, 4) is 0 Å². The van der Waals surface area contributed by atoms with Gasteiger partial charge in [0.2, 0.25) is 5.91 Å². The number of anilines is 1. The Balaban J connectivity index is 1.38. The number of esters is 2. The minimum Gasteiger partial charge on any atom is -0.462 e. The van der Waals surface area contributed by atoms with Crippen LogP contribution in [0.4, 0.5) is 5.69 Å². The molecule has 2 saturated carbocycles. The number of nitrogens with one attached hydrogen (secondary N) is 1. The second-order valence-corrected chi connectivity index (χ2v) is 14.6. The van der Waals surface area contributed by atoms with Gasteiger partial charge in [0.25, 0.3) is 0 Å². The van der Waals surface area contributed by atoms with Gasteiger partial charge in [0, 0.05) is 35.8 Å². The van der Waals surface area contributed by atoms with Crippen molar-refractivity contribution in [3.05, 3.63) is 42.0 Å². The number of fused-ring (bicyclic) bond motifs is 10. The molecule has 10 atom stereocenters. The summed E-state index contributed by atoms with van der Waals surface area (Å²) in [6, 6.07) is 7.84. The average Bonchev–Trinajstić information content (AvgIpc) is 3.45. The van der Waals surface area contributed by atoms with Crippen molar-refractivity contribution in [3.63, 3.8) is 0 Å².